The van der Waals surface area contributed by atoms with Crippen LogP contribution in [0.2, 0.25) is 0 Å². The third-order valence-corrected chi connectivity index (χ3v) is 3.79. The van der Waals surface area contributed by atoms with Crippen LogP contribution in [-0.4, -0.2) is 6.54 Å². The van der Waals surface area contributed by atoms with Crippen LogP contribution in [0.1, 0.15) is 42.7 Å². The van der Waals surface area contributed by atoms with Gasteiger partial charge in [-0.1, -0.05) is 13.8 Å². The summed E-state index contributed by atoms with van der Waals surface area (Å²) in [4.78, 5) is 1.60. The first kappa shape index (κ1) is 8.27. The Bertz CT molecular complexity index is 267. The molecule has 0 saturated carbocycles. The first-order valence-corrected chi connectivity index (χ1v) is 5.51. The summed E-state index contributed by atoms with van der Waals surface area (Å²) >= 11 is 1.91. The summed E-state index contributed by atoms with van der Waals surface area (Å²) in [6.45, 7) is 5.69. The van der Waals surface area contributed by atoms with E-state index < -0.39 is 0 Å². The average Bonchev–Trinajstić information content (AvgIpc) is 2.54. The lowest BCUT2D eigenvalue weighted by atomic mass is 9.94. The molecule has 1 N–H and O–H groups in total. The Labute approximate surface area is 77.8 Å². The molecular formula is C10H15NS. The van der Waals surface area contributed by atoms with Gasteiger partial charge in [-0.15, -0.1) is 11.3 Å². The number of hydrogen-bond acceptors (Lipinski definition) is 2. The quantitative estimate of drug-likeness (QED) is 0.702. The van der Waals surface area contributed by atoms with Crippen LogP contribution >= 0.6 is 11.3 Å². The van der Waals surface area contributed by atoms with Crippen LogP contribution in [0.15, 0.2) is 11.4 Å². The molecular weight excluding hydrogens is 166 g/mol. The first-order chi connectivity index (χ1) is 5.83. The van der Waals surface area contributed by atoms with Gasteiger partial charge in [-0.2, -0.15) is 0 Å². The molecule has 0 fully saturated rings. The molecule has 1 aromatic rings. The lowest BCUT2D eigenvalue weighted by molar-refractivity contribution is 0.464. The molecule has 0 amide bonds. The minimum absolute atomic E-state index is 0.613. The van der Waals surface area contributed by atoms with Crippen molar-refractivity contribution in [2.45, 2.75) is 32.2 Å². The Morgan fingerprint density at radius 3 is 3.25 bits per heavy atom. The van der Waals surface area contributed by atoms with Crippen molar-refractivity contribution in [3.63, 3.8) is 0 Å². The van der Waals surface area contributed by atoms with Crippen molar-refractivity contribution < 1.29 is 0 Å². The summed E-state index contributed by atoms with van der Waals surface area (Å²) in [6, 6.07) is 2.89. The summed E-state index contributed by atoms with van der Waals surface area (Å²) in [5, 5.41) is 5.79. The van der Waals surface area contributed by atoms with Gasteiger partial charge in [0.2, 0.25) is 0 Å². The average molecular weight is 181 g/mol. The molecule has 2 unspecified atom stereocenters. The number of fused-ring (bicyclic) bond motifs is 1. The Balaban J connectivity index is 2.36. The van der Waals surface area contributed by atoms with Gasteiger partial charge < -0.3 is 5.32 Å². The summed E-state index contributed by atoms with van der Waals surface area (Å²) < 4.78 is 0. The van der Waals surface area contributed by atoms with Gasteiger partial charge in [-0.3, -0.25) is 0 Å². The van der Waals surface area contributed by atoms with Crippen LogP contribution < -0.4 is 5.32 Å². The predicted octanol–water partition coefficient (Wildman–Crippen LogP) is 2.91. The Morgan fingerprint density at radius 2 is 2.50 bits per heavy atom. The first-order valence-electron chi connectivity index (χ1n) is 4.63. The summed E-state index contributed by atoms with van der Waals surface area (Å²) in [7, 11) is 0. The molecule has 12 heavy (non-hydrogen) atoms. The topological polar surface area (TPSA) is 12.0 Å². The van der Waals surface area contributed by atoms with Crippen LogP contribution in [0.5, 0.6) is 0 Å². The highest BCUT2D eigenvalue weighted by Crippen LogP contribution is 2.35. The van der Waals surface area contributed by atoms with E-state index in [-0.39, 0.29) is 0 Å². The SMILES string of the molecule is CCC1NCC(C)c2sccc21. The lowest BCUT2D eigenvalue weighted by Crippen LogP contribution is -2.30. The smallest absolute Gasteiger partial charge is 0.0328 e. The minimum atomic E-state index is 0.613. The van der Waals surface area contributed by atoms with Gasteiger partial charge in [-0.25, -0.2) is 0 Å². The van der Waals surface area contributed by atoms with Crippen molar-refractivity contribution in [1.82, 2.24) is 5.32 Å². The summed E-state index contributed by atoms with van der Waals surface area (Å²) in [6.07, 6.45) is 1.20. The fourth-order valence-electron chi connectivity index (χ4n) is 1.91. The van der Waals surface area contributed by atoms with E-state index in [4.69, 9.17) is 0 Å². The highest BCUT2D eigenvalue weighted by molar-refractivity contribution is 7.10. The zero-order valence-corrected chi connectivity index (χ0v) is 8.45. The lowest BCUT2D eigenvalue weighted by Gasteiger charge is -2.27. The molecule has 2 heteroatoms. The standard InChI is InChI=1S/C10H15NS/c1-3-9-8-4-5-12-10(8)7(2)6-11-9/h4-5,7,9,11H,3,6H2,1-2H3. The van der Waals surface area contributed by atoms with Crippen molar-refractivity contribution in [1.29, 1.82) is 0 Å². The normalized spacial score (nSPS) is 28.5. The van der Waals surface area contributed by atoms with Gasteiger partial charge >= 0.3 is 0 Å². The van der Waals surface area contributed by atoms with E-state index in [1.807, 2.05) is 11.3 Å². The second kappa shape index (κ2) is 3.19. The monoisotopic (exact) mass is 181 g/mol. The van der Waals surface area contributed by atoms with E-state index in [0.29, 0.717) is 12.0 Å². The molecule has 66 valence electrons. The molecule has 0 radical (unpaired) electrons. The summed E-state index contributed by atoms with van der Waals surface area (Å²) in [5.41, 5.74) is 1.54. The van der Waals surface area contributed by atoms with Crippen molar-refractivity contribution in [3.05, 3.63) is 21.9 Å². The molecule has 0 saturated heterocycles. The Hall–Kier alpha value is -0.340. The van der Waals surface area contributed by atoms with E-state index in [9.17, 15) is 0 Å². The molecule has 1 nitrogen and oxygen atoms in total. The van der Waals surface area contributed by atoms with Gasteiger partial charge in [0.1, 0.15) is 0 Å². The van der Waals surface area contributed by atoms with Crippen molar-refractivity contribution in [2.75, 3.05) is 6.54 Å². The third kappa shape index (κ3) is 1.19. The van der Waals surface area contributed by atoms with E-state index in [2.05, 4.69) is 30.6 Å². The molecule has 1 aromatic heterocycles. The molecule has 2 heterocycles. The molecule has 2 rings (SSSR count). The Kier molecular flexibility index (Phi) is 2.20. The maximum absolute atomic E-state index is 3.57. The van der Waals surface area contributed by atoms with Gasteiger partial charge in [0.05, 0.1) is 0 Å². The van der Waals surface area contributed by atoms with Crippen LogP contribution in [-0.2, 0) is 0 Å². The molecule has 1 aliphatic rings. The zero-order chi connectivity index (χ0) is 8.55. The fraction of sp³-hybridized carbons (Fsp3) is 0.600. The molecule has 2 atom stereocenters. The highest BCUT2D eigenvalue weighted by Gasteiger charge is 2.23. The van der Waals surface area contributed by atoms with Gasteiger partial charge in [-0.05, 0) is 23.4 Å². The fourth-order valence-corrected chi connectivity index (χ4v) is 2.93. The molecule has 0 bridgehead atoms. The second-order valence-corrected chi connectivity index (χ2v) is 4.46. The van der Waals surface area contributed by atoms with Crippen LogP contribution in [0.25, 0.3) is 0 Å². The van der Waals surface area contributed by atoms with E-state index >= 15 is 0 Å². The molecule has 0 aliphatic carbocycles. The maximum atomic E-state index is 3.57. The Morgan fingerprint density at radius 1 is 1.67 bits per heavy atom. The second-order valence-electron chi connectivity index (χ2n) is 3.51. The summed E-state index contributed by atoms with van der Waals surface area (Å²) in [5.74, 6) is 0.711. The number of rotatable bonds is 1. The molecule has 1 aliphatic heterocycles. The largest absolute Gasteiger partial charge is 0.309 e. The van der Waals surface area contributed by atoms with Crippen LogP contribution in [0, 0.1) is 0 Å². The minimum Gasteiger partial charge on any atom is -0.309 e. The van der Waals surface area contributed by atoms with E-state index in [1.165, 1.54) is 6.42 Å². The predicted molar refractivity (Wildman–Crippen MR) is 53.8 cm³/mol. The van der Waals surface area contributed by atoms with Crippen molar-refractivity contribution in [2.24, 2.45) is 0 Å². The van der Waals surface area contributed by atoms with Gasteiger partial charge in [0, 0.05) is 23.4 Å². The van der Waals surface area contributed by atoms with Gasteiger partial charge in [0.15, 0.2) is 0 Å². The third-order valence-electron chi connectivity index (χ3n) is 2.63. The van der Waals surface area contributed by atoms with Gasteiger partial charge in [0.25, 0.3) is 0 Å². The van der Waals surface area contributed by atoms with Crippen molar-refractivity contribution in [3.8, 4) is 0 Å². The molecule has 0 aromatic carbocycles. The highest BCUT2D eigenvalue weighted by atomic mass is 32.1. The van der Waals surface area contributed by atoms with Crippen LogP contribution in [0.3, 0.4) is 0 Å². The maximum Gasteiger partial charge on any atom is 0.0328 e. The van der Waals surface area contributed by atoms with E-state index in [0.717, 1.165) is 6.54 Å². The number of thiophene rings is 1. The zero-order valence-electron chi connectivity index (χ0n) is 7.63. The molecule has 0 spiro atoms. The number of nitrogens with one attached hydrogen (secondary N) is 1. The van der Waals surface area contributed by atoms with Crippen LogP contribution in [0.4, 0.5) is 0 Å². The van der Waals surface area contributed by atoms with E-state index in [1.54, 1.807) is 10.4 Å². The van der Waals surface area contributed by atoms with Crippen molar-refractivity contribution >= 4 is 11.3 Å². The number of hydrogen-bond donors (Lipinski definition) is 1.